The molecule has 4 saturated carbocycles. The summed E-state index contributed by atoms with van der Waals surface area (Å²) in [6.07, 6.45) is 12.2. The number of hydrogen-bond acceptors (Lipinski definition) is 2. The van der Waals surface area contributed by atoms with E-state index in [9.17, 15) is 5.11 Å². The number of rotatable bonds is 2. The van der Waals surface area contributed by atoms with Crippen LogP contribution in [-0.4, -0.2) is 24.4 Å². The molecule has 0 aromatic carbocycles. The fourth-order valence-corrected chi connectivity index (χ4v) is 8.78. The number of aliphatic hydroxyl groups is 1. The summed E-state index contributed by atoms with van der Waals surface area (Å²) in [6, 6.07) is 0. The standard InChI is InChI=1S/C24H42O2/c1-16(25)22(3)13-9-20-18-8-11-21(2)15-17(26-6)7-12-23(21,4)19(18)10-14-24(20,22)5/h16-20,25H,7-15H2,1-6H3/t16?,17?,18?,19?,20?,21-,22+,23?,24?/m0/s1. The Morgan fingerprint density at radius 2 is 1.46 bits per heavy atom. The first-order valence-electron chi connectivity index (χ1n) is 11.3. The Kier molecular flexibility index (Phi) is 4.41. The zero-order valence-electron chi connectivity index (χ0n) is 18.1. The molecule has 9 atom stereocenters. The van der Waals surface area contributed by atoms with E-state index in [4.69, 9.17) is 4.74 Å². The lowest BCUT2D eigenvalue weighted by Gasteiger charge is -2.66. The van der Waals surface area contributed by atoms with Gasteiger partial charge < -0.3 is 9.84 Å². The fraction of sp³-hybridized carbons (Fsp3) is 1.00. The molecule has 4 fully saturated rings. The molecule has 26 heavy (non-hydrogen) atoms. The molecule has 0 radical (unpaired) electrons. The number of ether oxygens (including phenoxy) is 1. The van der Waals surface area contributed by atoms with Crippen molar-refractivity contribution in [3.05, 3.63) is 0 Å². The highest BCUT2D eigenvalue weighted by Crippen LogP contribution is 2.73. The van der Waals surface area contributed by atoms with E-state index >= 15 is 0 Å². The van der Waals surface area contributed by atoms with Crippen molar-refractivity contribution in [2.45, 2.75) is 105 Å². The molecule has 150 valence electrons. The van der Waals surface area contributed by atoms with E-state index in [0.717, 1.165) is 17.8 Å². The molecule has 4 aliphatic carbocycles. The van der Waals surface area contributed by atoms with Gasteiger partial charge >= 0.3 is 0 Å². The molecule has 0 spiro atoms. The average Bonchev–Trinajstić information content (AvgIpc) is 2.88. The largest absolute Gasteiger partial charge is 0.393 e. The SMILES string of the molecule is COC1CCC2(C)C3CCC4(C)C(CC[C@]4(C)C(C)O)C3CC[C@@]2(C)C1. The summed E-state index contributed by atoms with van der Waals surface area (Å²) in [7, 11) is 1.91. The molecule has 0 saturated heterocycles. The van der Waals surface area contributed by atoms with Gasteiger partial charge in [0.2, 0.25) is 0 Å². The average molecular weight is 363 g/mol. The van der Waals surface area contributed by atoms with Crippen LogP contribution in [0.4, 0.5) is 0 Å². The molecule has 2 heteroatoms. The van der Waals surface area contributed by atoms with Crippen LogP contribution in [0.1, 0.15) is 92.4 Å². The molecular weight excluding hydrogens is 320 g/mol. The van der Waals surface area contributed by atoms with E-state index in [-0.39, 0.29) is 11.5 Å². The Balaban J connectivity index is 1.64. The Morgan fingerprint density at radius 3 is 2.12 bits per heavy atom. The summed E-state index contributed by atoms with van der Waals surface area (Å²) in [5, 5.41) is 10.6. The number of aliphatic hydroxyl groups excluding tert-OH is 1. The monoisotopic (exact) mass is 362 g/mol. The van der Waals surface area contributed by atoms with E-state index in [0.29, 0.717) is 22.3 Å². The fourth-order valence-electron chi connectivity index (χ4n) is 8.78. The summed E-state index contributed by atoms with van der Waals surface area (Å²) in [5.74, 6) is 2.59. The maximum Gasteiger partial charge on any atom is 0.0577 e. The molecule has 0 aromatic rings. The molecule has 0 heterocycles. The van der Waals surface area contributed by atoms with Crippen LogP contribution in [0.25, 0.3) is 0 Å². The zero-order valence-corrected chi connectivity index (χ0v) is 18.1. The maximum atomic E-state index is 10.6. The molecule has 0 bridgehead atoms. The summed E-state index contributed by atoms with van der Waals surface area (Å²) in [6.45, 7) is 12.2. The molecule has 4 aliphatic rings. The number of hydrogen-bond donors (Lipinski definition) is 1. The van der Waals surface area contributed by atoms with E-state index in [2.05, 4.69) is 27.7 Å². The molecule has 2 nitrogen and oxygen atoms in total. The molecule has 0 amide bonds. The van der Waals surface area contributed by atoms with Gasteiger partial charge in [0.15, 0.2) is 0 Å². The number of methoxy groups -OCH3 is 1. The van der Waals surface area contributed by atoms with Gasteiger partial charge in [-0.2, -0.15) is 0 Å². The van der Waals surface area contributed by atoms with E-state index in [1.54, 1.807) is 0 Å². The Hall–Kier alpha value is -0.0800. The summed E-state index contributed by atoms with van der Waals surface area (Å²) in [5.41, 5.74) is 1.37. The summed E-state index contributed by atoms with van der Waals surface area (Å²) in [4.78, 5) is 0. The first-order chi connectivity index (χ1) is 12.1. The third-order valence-corrected chi connectivity index (χ3v) is 11.3. The molecule has 1 N–H and O–H groups in total. The van der Waals surface area contributed by atoms with Gasteiger partial charge in [0.25, 0.3) is 0 Å². The summed E-state index contributed by atoms with van der Waals surface area (Å²) < 4.78 is 5.80. The van der Waals surface area contributed by atoms with E-state index in [1.165, 1.54) is 57.8 Å². The van der Waals surface area contributed by atoms with Crippen molar-refractivity contribution in [3.8, 4) is 0 Å². The maximum absolute atomic E-state index is 10.6. The predicted octanol–water partition coefficient (Wildman–Crippen LogP) is 5.82. The predicted molar refractivity (Wildman–Crippen MR) is 107 cm³/mol. The molecule has 0 aromatic heterocycles. The van der Waals surface area contributed by atoms with E-state index < -0.39 is 0 Å². The Labute approximate surface area is 161 Å². The van der Waals surface area contributed by atoms with Crippen molar-refractivity contribution in [2.75, 3.05) is 7.11 Å². The Morgan fingerprint density at radius 1 is 0.846 bits per heavy atom. The van der Waals surface area contributed by atoms with Crippen LogP contribution in [0, 0.1) is 39.4 Å². The van der Waals surface area contributed by atoms with Crippen molar-refractivity contribution >= 4 is 0 Å². The first kappa shape index (κ1) is 19.2. The van der Waals surface area contributed by atoms with Gasteiger partial charge in [-0.05, 0) is 104 Å². The Bertz CT molecular complexity index is 558. The highest BCUT2D eigenvalue weighted by atomic mass is 16.5. The summed E-state index contributed by atoms with van der Waals surface area (Å²) >= 11 is 0. The zero-order chi connectivity index (χ0) is 19.0. The second-order valence-corrected chi connectivity index (χ2v) is 11.6. The van der Waals surface area contributed by atoms with Crippen LogP contribution in [0.15, 0.2) is 0 Å². The highest BCUT2D eigenvalue weighted by Gasteiger charge is 2.66. The lowest BCUT2D eigenvalue weighted by atomic mass is 9.39. The van der Waals surface area contributed by atoms with Gasteiger partial charge in [-0.25, -0.2) is 0 Å². The minimum absolute atomic E-state index is 0.109. The smallest absolute Gasteiger partial charge is 0.0577 e. The van der Waals surface area contributed by atoms with Crippen LogP contribution in [0.2, 0.25) is 0 Å². The second kappa shape index (κ2) is 5.96. The van der Waals surface area contributed by atoms with Gasteiger partial charge in [0, 0.05) is 7.11 Å². The normalized spacial score (nSPS) is 57.8. The van der Waals surface area contributed by atoms with Crippen molar-refractivity contribution < 1.29 is 9.84 Å². The van der Waals surface area contributed by atoms with Crippen LogP contribution in [0.5, 0.6) is 0 Å². The minimum atomic E-state index is -0.185. The topological polar surface area (TPSA) is 29.5 Å². The van der Waals surface area contributed by atoms with Crippen LogP contribution in [-0.2, 0) is 4.74 Å². The van der Waals surface area contributed by atoms with Crippen LogP contribution < -0.4 is 0 Å². The minimum Gasteiger partial charge on any atom is -0.393 e. The third-order valence-electron chi connectivity index (χ3n) is 11.3. The second-order valence-electron chi connectivity index (χ2n) is 11.6. The van der Waals surface area contributed by atoms with Crippen molar-refractivity contribution in [3.63, 3.8) is 0 Å². The number of fused-ring (bicyclic) bond motifs is 5. The first-order valence-corrected chi connectivity index (χ1v) is 11.3. The van der Waals surface area contributed by atoms with Crippen LogP contribution >= 0.6 is 0 Å². The lowest BCUT2D eigenvalue weighted by molar-refractivity contribution is -0.184. The highest BCUT2D eigenvalue weighted by molar-refractivity contribution is 5.15. The van der Waals surface area contributed by atoms with Crippen LogP contribution in [0.3, 0.4) is 0 Å². The third kappa shape index (κ3) is 2.24. The van der Waals surface area contributed by atoms with Gasteiger partial charge in [0.05, 0.1) is 12.2 Å². The van der Waals surface area contributed by atoms with Crippen molar-refractivity contribution in [1.29, 1.82) is 0 Å². The molecule has 7 unspecified atom stereocenters. The lowest BCUT2D eigenvalue weighted by Crippen LogP contribution is -2.59. The molecule has 0 aliphatic heterocycles. The molecular formula is C24H42O2. The quantitative estimate of drug-likeness (QED) is 0.670. The van der Waals surface area contributed by atoms with Crippen molar-refractivity contribution in [2.24, 2.45) is 39.4 Å². The van der Waals surface area contributed by atoms with Gasteiger partial charge in [-0.1, -0.05) is 27.7 Å². The van der Waals surface area contributed by atoms with Gasteiger partial charge in [-0.15, -0.1) is 0 Å². The van der Waals surface area contributed by atoms with Gasteiger partial charge in [0.1, 0.15) is 0 Å². The van der Waals surface area contributed by atoms with Gasteiger partial charge in [-0.3, -0.25) is 0 Å². The van der Waals surface area contributed by atoms with Crippen molar-refractivity contribution in [1.82, 2.24) is 0 Å². The van der Waals surface area contributed by atoms with E-state index in [1.807, 2.05) is 14.0 Å². The molecule has 4 rings (SSSR count).